The standard InChI is InChI=1S/C50H56N4O14/c1-23-13-12-14-24(2)49(61)53-39-42(59)35-34(38-46(39)66-32-22-29(21-30(56)37(32)52-38)63-20-18-54(8)33-15-10-11-17-51-33)36-44(26(4)40(35)57)68-50(7,48(36)60)64-19-16-31(62-9)25(3)45(65-28(6)55)47-41(58)27(5)43(23)67-47/h10-17,19,21-23,25,27,31,41-43,45,47,57-60H,18,20H2,1-9H3,(H,53,61)/b13-12+,19-16+,24-14-/t23-,25+,27-,31-,41+,42?,43-,45+,47+,50-/m0/s1. The molecule has 1 unspecified atom stereocenters. The molecule has 7 bridgehead atoms. The monoisotopic (exact) mass is 936 g/mol. The molecule has 1 aromatic carbocycles. The van der Waals surface area contributed by atoms with E-state index in [2.05, 4.69) is 10.3 Å². The Kier molecular flexibility index (Phi) is 13.2. The number of nitrogens with one attached hydrogen (secondary N) is 1. The number of nitrogens with zero attached hydrogens (tertiary/aromatic N) is 3. The van der Waals surface area contributed by atoms with Crippen LogP contribution in [0.5, 0.6) is 17.2 Å². The first-order chi connectivity index (χ1) is 32.3. The Morgan fingerprint density at radius 3 is 2.50 bits per heavy atom. The van der Waals surface area contributed by atoms with Crippen molar-refractivity contribution in [1.29, 1.82) is 0 Å². The van der Waals surface area contributed by atoms with Gasteiger partial charge in [-0.25, -0.2) is 9.97 Å². The number of likely N-dealkylation sites (N-methyl/N-ethyl adjacent to an activating group) is 1. The van der Waals surface area contributed by atoms with Gasteiger partial charge in [0, 0.05) is 86.0 Å². The molecule has 1 amide bonds. The Bertz CT molecular complexity index is 2990. The number of aliphatic hydroxyl groups excluding tert-OH is 3. The van der Waals surface area contributed by atoms with Crippen LogP contribution in [0.15, 0.2) is 81.9 Å². The van der Waals surface area contributed by atoms with Crippen molar-refractivity contribution in [2.75, 3.05) is 32.2 Å². The number of benzene rings is 2. The molecule has 5 aliphatic heterocycles. The number of fused-ring (bicyclic) bond motifs is 9. The number of aliphatic hydroxyl groups is 3. The summed E-state index contributed by atoms with van der Waals surface area (Å²) in [5, 5.41) is 50.5. The largest absolute Gasteiger partial charge is 0.507 e. The summed E-state index contributed by atoms with van der Waals surface area (Å²) in [7, 11) is 3.31. The first-order valence-corrected chi connectivity index (χ1v) is 22.3. The quantitative estimate of drug-likeness (QED) is 0.167. The number of pyridine rings is 1. The molecule has 1 fully saturated rings. The summed E-state index contributed by atoms with van der Waals surface area (Å²) in [5.74, 6) is -4.65. The number of phenolic OH excluding ortho intramolecular Hbond substituents is 1. The highest BCUT2D eigenvalue weighted by Gasteiger charge is 2.50. The number of carbonyl (C=O) groups excluding carboxylic acids is 2. The summed E-state index contributed by atoms with van der Waals surface area (Å²) in [4.78, 5) is 51.4. The smallest absolute Gasteiger partial charge is 0.307 e. The summed E-state index contributed by atoms with van der Waals surface area (Å²) < 4.78 is 43.0. The number of aromatic nitrogens is 2. The second-order valence-electron chi connectivity index (χ2n) is 17.8. The summed E-state index contributed by atoms with van der Waals surface area (Å²) >= 11 is 0. The van der Waals surface area contributed by atoms with Crippen molar-refractivity contribution in [3.8, 4) is 28.7 Å². The average molecular weight is 937 g/mol. The minimum atomic E-state index is -1.96. The van der Waals surface area contributed by atoms with E-state index in [9.17, 15) is 34.8 Å². The number of phenols is 1. The van der Waals surface area contributed by atoms with E-state index in [0.717, 1.165) is 5.82 Å². The maximum absolute atomic E-state index is 14.1. The zero-order chi connectivity index (χ0) is 48.9. The Hall–Kier alpha value is -6.73. The average Bonchev–Trinajstić information content (AvgIpc) is 3.75. The highest BCUT2D eigenvalue weighted by Crippen LogP contribution is 2.42. The molecule has 360 valence electrons. The molecule has 0 spiro atoms. The third-order valence-electron chi connectivity index (χ3n) is 13.2. The number of hydrogen-bond donors (Lipinski definition) is 5. The molecule has 6 heterocycles. The molecule has 2 aromatic rings. The van der Waals surface area contributed by atoms with Crippen LogP contribution >= 0.6 is 0 Å². The van der Waals surface area contributed by atoms with Gasteiger partial charge in [-0.1, -0.05) is 45.1 Å². The Morgan fingerprint density at radius 2 is 1.79 bits per heavy atom. The van der Waals surface area contributed by atoms with Crippen LogP contribution in [0.1, 0.15) is 58.8 Å². The number of allylic oxidation sites excluding steroid dienone is 2. The molecule has 10 atom stereocenters. The maximum atomic E-state index is 14.1. The van der Waals surface area contributed by atoms with Gasteiger partial charge >= 0.3 is 11.8 Å². The van der Waals surface area contributed by atoms with Crippen molar-refractivity contribution in [3.63, 3.8) is 0 Å². The van der Waals surface area contributed by atoms with Crippen LogP contribution < -0.4 is 35.8 Å². The van der Waals surface area contributed by atoms with Crippen LogP contribution in [0.3, 0.4) is 0 Å². The maximum Gasteiger partial charge on any atom is 0.307 e. The van der Waals surface area contributed by atoms with E-state index in [1.807, 2.05) is 50.1 Å². The Labute approximate surface area is 391 Å². The molecule has 0 saturated carbocycles. The third-order valence-corrected chi connectivity index (χ3v) is 13.2. The fourth-order valence-electron chi connectivity index (χ4n) is 9.27. The highest BCUT2D eigenvalue weighted by molar-refractivity contribution is 5.97. The number of carbonyl (C=O) groups is 2. The van der Waals surface area contributed by atoms with Crippen LogP contribution in [0.25, 0.3) is 22.9 Å². The van der Waals surface area contributed by atoms with Crippen LogP contribution in [-0.2, 0) is 28.5 Å². The number of esters is 1. The number of aromatic hydroxyl groups is 1. The van der Waals surface area contributed by atoms with Gasteiger partial charge in [-0.2, -0.15) is 0 Å². The fourth-order valence-corrected chi connectivity index (χ4v) is 9.27. The van der Waals surface area contributed by atoms with E-state index in [4.69, 9.17) is 37.8 Å². The molecule has 18 heteroatoms. The predicted octanol–water partition coefficient (Wildman–Crippen LogP) is 3.43. The third kappa shape index (κ3) is 8.57. The van der Waals surface area contributed by atoms with Gasteiger partial charge in [0.2, 0.25) is 5.43 Å². The molecular weight excluding hydrogens is 881 g/mol. The highest BCUT2D eigenvalue weighted by atomic mass is 16.7. The van der Waals surface area contributed by atoms with Gasteiger partial charge in [0.1, 0.15) is 53.3 Å². The molecule has 2 aliphatic carbocycles. The number of amides is 1. The number of methoxy groups -OCH3 is 1. The molecular formula is C50H56N4O14. The van der Waals surface area contributed by atoms with E-state index >= 15 is 0 Å². The number of hydrogen-bond acceptors (Lipinski definition) is 17. The van der Waals surface area contributed by atoms with Crippen LogP contribution in [0.2, 0.25) is 0 Å². The van der Waals surface area contributed by atoms with Crippen LogP contribution in [0.4, 0.5) is 5.82 Å². The van der Waals surface area contributed by atoms with E-state index in [-0.39, 0.29) is 79.1 Å². The molecule has 18 nitrogen and oxygen atoms in total. The lowest BCUT2D eigenvalue weighted by molar-refractivity contribution is -0.168. The minimum absolute atomic E-state index is 0.0270. The summed E-state index contributed by atoms with van der Waals surface area (Å²) in [6.07, 6.45) is 3.46. The molecule has 0 radical (unpaired) electrons. The van der Waals surface area contributed by atoms with E-state index < -0.39 is 83.1 Å². The van der Waals surface area contributed by atoms with Crippen molar-refractivity contribution in [2.24, 2.45) is 17.8 Å². The lowest BCUT2D eigenvalue weighted by Crippen LogP contribution is -2.46. The molecule has 1 saturated heterocycles. The van der Waals surface area contributed by atoms with E-state index in [1.54, 1.807) is 32.2 Å². The summed E-state index contributed by atoms with van der Waals surface area (Å²) in [5.41, 5.74) is -0.981. The molecule has 68 heavy (non-hydrogen) atoms. The number of rotatable bonds is 7. The molecule has 7 aliphatic rings. The Balaban J connectivity index is 1.32. The van der Waals surface area contributed by atoms with Crippen molar-refractivity contribution in [2.45, 2.75) is 90.9 Å². The van der Waals surface area contributed by atoms with Gasteiger partial charge < -0.3 is 63.5 Å². The molecule has 9 rings (SSSR count). The summed E-state index contributed by atoms with van der Waals surface area (Å²) in [6, 6.07) is 8.27. The van der Waals surface area contributed by atoms with Crippen molar-refractivity contribution >= 4 is 29.2 Å². The zero-order valence-electron chi connectivity index (χ0n) is 39.2. The van der Waals surface area contributed by atoms with E-state index in [1.165, 1.54) is 52.4 Å². The lowest BCUT2D eigenvalue weighted by Gasteiger charge is -2.33. The van der Waals surface area contributed by atoms with Crippen LogP contribution in [0, 0.1) is 35.2 Å². The fraction of sp³-hybridized carbons (Fsp3) is 0.420. The van der Waals surface area contributed by atoms with Gasteiger partial charge in [-0.3, -0.25) is 14.4 Å². The SMILES string of the molecule is CO[C@H]1/C=C/O[C@@]2(C)Oc3c(C)c(O)c4c(c3=C2O)=c2nc3c(=O)cc(OCCN(C)c5ccccn5)cc-3oc2=C(NC(=O)/C(C)=C\C=C\[C@H](C)[C@@H]2O[C@H]([C@H](O)[C@@H]2C)[C@H](OC(C)=O)[C@@H]1C)C4O. The van der Waals surface area contributed by atoms with Gasteiger partial charge in [0.25, 0.3) is 5.91 Å². The number of ether oxygens (including phenoxy) is 6. The second kappa shape index (κ2) is 18.7. The van der Waals surface area contributed by atoms with Gasteiger partial charge in [0.05, 0.1) is 42.0 Å². The lowest BCUT2D eigenvalue weighted by atomic mass is 9.86. The van der Waals surface area contributed by atoms with E-state index in [0.29, 0.717) is 6.54 Å². The first kappa shape index (κ1) is 47.8. The minimum Gasteiger partial charge on any atom is -0.507 e. The molecule has 1 aromatic heterocycles. The van der Waals surface area contributed by atoms with Gasteiger partial charge in [-0.05, 0) is 32.1 Å². The van der Waals surface area contributed by atoms with Gasteiger partial charge in [0.15, 0.2) is 22.6 Å². The normalized spacial score (nSPS) is 29.6. The molecule has 5 N–H and O–H groups in total. The second-order valence-corrected chi connectivity index (χ2v) is 17.8. The Morgan fingerprint density at radius 1 is 1.03 bits per heavy atom. The topological polar surface area (TPSA) is 242 Å². The zero-order valence-corrected chi connectivity index (χ0v) is 39.2. The van der Waals surface area contributed by atoms with Crippen molar-refractivity contribution in [3.05, 3.63) is 115 Å². The first-order valence-electron chi connectivity index (χ1n) is 22.3. The number of anilines is 1. The van der Waals surface area contributed by atoms with Crippen molar-refractivity contribution in [1.82, 2.24) is 15.3 Å². The summed E-state index contributed by atoms with van der Waals surface area (Å²) in [6.45, 7) is 11.9. The van der Waals surface area contributed by atoms with Crippen LogP contribution in [-0.4, -0.2) is 106 Å². The predicted molar refractivity (Wildman–Crippen MR) is 245 cm³/mol. The van der Waals surface area contributed by atoms with Gasteiger partial charge in [-0.15, -0.1) is 0 Å². The van der Waals surface area contributed by atoms with Crippen molar-refractivity contribution < 1.29 is 62.9 Å².